The van der Waals surface area contributed by atoms with Crippen molar-refractivity contribution in [2.45, 2.75) is 25.3 Å². The summed E-state index contributed by atoms with van der Waals surface area (Å²) in [6, 6.07) is 11.9. The molecule has 2 amide bonds. The third-order valence-electron chi connectivity index (χ3n) is 5.16. The fourth-order valence-electron chi connectivity index (χ4n) is 3.34. The van der Waals surface area contributed by atoms with E-state index in [0.29, 0.717) is 11.4 Å². The molecule has 0 aliphatic heterocycles. The first kappa shape index (κ1) is 21.1. The largest absolute Gasteiger partial charge is 0.453 e. The second-order valence-corrected chi connectivity index (χ2v) is 8.85. The number of thiophene rings is 1. The average molecular weight is 461 g/mol. The molecule has 0 unspecified atom stereocenters. The van der Waals surface area contributed by atoms with Crippen LogP contribution >= 0.6 is 11.3 Å². The van der Waals surface area contributed by atoms with E-state index in [-0.39, 0.29) is 17.8 Å². The molecule has 1 aliphatic carbocycles. The molecule has 0 bridgehead atoms. The molecule has 0 spiro atoms. The second-order valence-electron chi connectivity index (χ2n) is 7.80. The molecule has 3 heterocycles. The summed E-state index contributed by atoms with van der Waals surface area (Å²) in [4.78, 5) is 21.8. The van der Waals surface area contributed by atoms with Gasteiger partial charge in [-0.05, 0) is 49.1 Å². The molecule has 166 valence electrons. The molecular formula is C25H21FN4O2S. The molecule has 6 nitrogen and oxygen atoms in total. The van der Waals surface area contributed by atoms with E-state index in [4.69, 9.17) is 4.74 Å². The first-order valence-electron chi connectivity index (χ1n) is 10.6. The van der Waals surface area contributed by atoms with E-state index in [1.54, 1.807) is 18.3 Å². The molecule has 1 saturated carbocycles. The third kappa shape index (κ3) is 4.85. The van der Waals surface area contributed by atoms with Crippen LogP contribution in [-0.2, 0) is 6.42 Å². The minimum Gasteiger partial charge on any atom is -0.453 e. The molecule has 8 heteroatoms. The summed E-state index contributed by atoms with van der Waals surface area (Å²) in [6.45, 7) is 3.75. The van der Waals surface area contributed by atoms with Gasteiger partial charge in [-0.25, -0.2) is 9.18 Å². The lowest BCUT2D eigenvalue weighted by Gasteiger charge is -2.10. The molecule has 0 radical (unpaired) electrons. The number of fused-ring (bicyclic) bond motifs is 1. The van der Waals surface area contributed by atoms with Crippen LogP contribution in [0.25, 0.3) is 20.8 Å². The molecule has 33 heavy (non-hydrogen) atoms. The van der Waals surface area contributed by atoms with E-state index in [1.165, 1.54) is 23.5 Å². The number of amides is 2. The molecular weight excluding hydrogens is 439 g/mol. The average Bonchev–Trinajstić information content (AvgIpc) is 3.50. The van der Waals surface area contributed by atoms with Gasteiger partial charge >= 0.3 is 6.03 Å². The Balaban J connectivity index is 1.36. The lowest BCUT2D eigenvalue weighted by atomic mass is 10.2. The van der Waals surface area contributed by atoms with Gasteiger partial charge in [0.2, 0.25) is 0 Å². The lowest BCUT2D eigenvalue weighted by molar-refractivity contribution is 0.251. The van der Waals surface area contributed by atoms with Crippen molar-refractivity contribution in [3.05, 3.63) is 78.9 Å². The summed E-state index contributed by atoms with van der Waals surface area (Å²) in [5.41, 5.74) is 3.04. The number of benzene rings is 1. The topological polar surface area (TPSA) is 76.1 Å². The van der Waals surface area contributed by atoms with Gasteiger partial charge in [0.1, 0.15) is 5.75 Å². The van der Waals surface area contributed by atoms with Gasteiger partial charge in [-0.1, -0.05) is 12.1 Å². The zero-order chi connectivity index (χ0) is 22.8. The van der Waals surface area contributed by atoms with Crippen molar-refractivity contribution in [1.82, 2.24) is 15.3 Å². The van der Waals surface area contributed by atoms with Crippen LogP contribution in [0.1, 0.15) is 18.4 Å². The van der Waals surface area contributed by atoms with Crippen LogP contribution in [0.5, 0.6) is 11.5 Å². The van der Waals surface area contributed by atoms with Gasteiger partial charge in [0.25, 0.3) is 0 Å². The van der Waals surface area contributed by atoms with Gasteiger partial charge in [-0.3, -0.25) is 9.97 Å². The predicted molar refractivity (Wildman–Crippen MR) is 128 cm³/mol. The fraction of sp³-hybridized carbons (Fsp3) is 0.160. The number of nitrogens with zero attached hydrogens (tertiary/aromatic N) is 2. The summed E-state index contributed by atoms with van der Waals surface area (Å²) in [7, 11) is 0. The summed E-state index contributed by atoms with van der Waals surface area (Å²) in [6.07, 6.45) is 8.04. The Morgan fingerprint density at radius 1 is 1.18 bits per heavy atom. The number of carbonyl (C=O) groups is 1. The number of hydrogen-bond donors (Lipinski definition) is 2. The number of carbonyl (C=O) groups excluding carboxylic acids is 1. The Hall–Kier alpha value is -3.78. The summed E-state index contributed by atoms with van der Waals surface area (Å²) < 4.78 is 21.4. The normalized spacial score (nSPS) is 13.0. The first-order valence-corrected chi connectivity index (χ1v) is 11.4. The van der Waals surface area contributed by atoms with Gasteiger partial charge in [-0.2, -0.15) is 0 Å². The van der Waals surface area contributed by atoms with Crippen LogP contribution in [0.3, 0.4) is 0 Å². The molecule has 0 atom stereocenters. The van der Waals surface area contributed by atoms with Crippen LogP contribution in [-0.4, -0.2) is 22.0 Å². The van der Waals surface area contributed by atoms with E-state index in [1.807, 2.05) is 30.5 Å². The van der Waals surface area contributed by atoms with Crippen LogP contribution in [0.4, 0.5) is 14.9 Å². The highest BCUT2D eigenvalue weighted by Gasteiger charge is 2.23. The molecule has 1 aromatic carbocycles. The van der Waals surface area contributed by atoms with Gasteiger partial charge in [0.15, 0.2) is 11.6 Å². The highest BCUT2D eigenvalue weighted by atomic mass is 32.1. The Labute approximate surface area is 194 Å². The van der Waals surface area contributed by atoms with Crippen LogP contribution < -0.4 is 15.4 Å². The maximum atomic E-state index is 14.7. The zero-order valence-corrected chi connectivity index (χ0v) is 18.5. The van der Waals surface area contributed by atoms with Gasteiger partial charge in [0.05, 0.1) is 20.8 Å². The monoisotopic (exact) mass is 460 g/mol. The van der Waals surface area contributed by atoms with E-state index >= 15 is 0 Å². The number of halogens is 1. The van der Waals surface area contributed by atoms with Crippen molar-refractivity contribution in [2.24, 2.45) is 0 Å². The Bertz CT molecular complexity index is 1330. The fourth-order valence-corrected chi connectivity index (χ4v) is 4.38. The standard InChI is InChI=1S/C25H21FN4O2S/c1-2-3-15-4-8-19(28-14-15)23-13-20-24(33-23)22(10-11-27-20)32-21-9-7-17(12-18(21)26)30-25(31)29-16-5-6-16/h2,4,7-14,16H,1,3,5-6H2,(H2,29,30,31). The van der Waals surface area contributed by atoms with Gasteiger partial charge in [-0.15, -0.1) is 17.9 Å². The van der Waals surface area contributed by atoms with Crippen molar-refractivity contribution in [3.8, 4) is 22.1 Å². The highest BCUT2D eigenvalue weighted by molar-refractivity contribution is 7.22. The quantitative estimate of drug-likeness (QED) is 0.317. The number of pyridine rings is 2. The molecule has 0 saturated heterocycles. The van der Waals surface area contributed by atoms with E-state index in [0.717, 1.165) is 45.6 Å². The molecule has 4 aromatic rings. The van der Waals surface area contributed by atoms with E-state index in [2.05, 4.69) is 27.2 Å². The number of aromatic nitrogens is 2. The molecule has 1 aliphatic rings. The first-order chi connectivity index (χ1) is 16.1. The summed E-state index contributed by atoms with van der Waals surface area (Å²) in [5, 5.41) is 5.44. The van der Waals surface area contributed by atoms with Gasteiger partial charge in [0, 0.05) is 36.3 Å². The van der Waals surface area contributed by atoms with Crippen LogP contribution in [0.2, 0.25) is 0 Å². The van der Waals surface area contributed by atoms with Crippen molar-refractivity contribution in [2.75, 3.05) is 5.32 Å². The smallest absolute Gasteiger partial charge is 0.319 e. The number of ether oxygens (including phenoxy) is 1. The second kappa shape index (κ2) is 8.99. The number of urea groups is 1. The Morgan fingerprint density at radius 2 is 2.06 bits per heavy atom. The number of anilines is 1. The Kier molecular flexibility index (Phi) is 5.75. The predicted octanol–water partition coefficient (Wildman–Crippen LogP) is 6.30. The van der Waals surface area contributed by atoms with Crippen molar-refractivity contribution >= 4 is 33.3 Å². The van der Waals surface area contributed by atoms with Crippen LogP contribution in [0, 0.1) is 5.82 Å². The van der Waals surface area contributed by atoms with E-state index in [9.17, 15) is 9.18 Å². The Morgan fingerprint density at radius 3 is 2.79 bits per heavy atom. The zero-order valence-electron chi connectivity index (χ0n) is 17.7. The van der Waals surface area contributed by atoms with Crippen LogP contribution in [0.15, 0.2) is 67.5 Å². The minimum atomic E-state index is -0.569. The maximum Gasteiger partial charge on any atom is 0.319 e. The van der Waals surface area contributed by atoms with Crippen molar-refractivity contribution in [3.63, 3.8) is 0 Å². The summed E-state index contributed by atoms with van der Waals surface area (Å²) in [5.74, 6) is 0.00329. The lowest BCUT2D eigenvalue weighted by Crippen LogP contribution is -2.30. The highest BCUT2D eigenvalue weighted by Crippen LogP contribution is 2.39. The van der Waals surface area contributed by atoms with Crippen molar-refractivity contribution in [1.29, 1.82) is 0 Å². The maximum absolute atomic E-state index is 14.7. The summed E-state index contributed by atoms with van der Waals surface area (Å²) >= 11 is 1.49. The molecule has 3 aromatic heterocycles. The third-order valence-corrected chi connectivity index (χ3v) is 6.32. The number of allylic oxidation sites excluding steroid dienone is 1. The van der Waals surface area contributed by atoms with E-state index < -0.39 is 5.82 Å². The minimum absolute atomic E-state index is 0.0671. The molecule has 5 rings (SSSR count). The molecule has 2 N–H and O–H groups in total. The van der Waals surface area contributed by atoms with Gasteiger partial charge < -0.3 is 15.4 Å². The SMILES string of the molecule is C=CCc1ccc(-c2cc3nccc(Oc4ccc(NC(=O)NC5CC5)cc4F)c3s2)nc1. The molecule has 1 fully saturated rings. The number of hydrogen-bond acceptors (Lipinski definition) is 5. The number of rotatable bonds is 7. The van der Waals surface area contributed by atoms with Crippen molar-refractivity contribution < 1.29 is 13.9 Å². The number of nitrogens with one attached hydrogen (secondary N) is 2.